The summed E-state index contributed by atoms with van der Waals surface area (Å²) < 4.78 is 45.1. The number of rotatable bonds is 6. The van der Waals surface area contributed by atoms with Gasteiger partial charge in [0.25, 0.3) is 0 Å². The summed E-state index contributed by atoms with van der Waals surface area (Å²) in [7, 11) is -2.13. The summed E-state index contributed by atoms with van der Waals surface area (Å²) >= 11 is 0. The summed E-state index contributed by atoms with van der Waals surface area (Å²) in [5.41, 5.74) is 1.92. The summed E-state index contributed by atoms with van der Waals surface area (Å²) in [6.07, 6.45) is 0.788. The summed E-state index contributed by atoms with van der Waals surface area (Å²) in [6.45, 7) is 1.98. The Bertz CT molecular complexity index is 742. The SMILES string of the molecule is CCc1ccc(OC)c(NS(=O)(=O)Cc2ccc(F)cc2)c1. The maximum Gasteiger partial charge on any atom is 0.237 e. The van der Waals surface area contributed by atoms with E-state index in [1.807, 2.05) is 13.0 Å². The molecule has 0 atom stereocenters. The first-order valence-corrected chi connectivity index (χ1v) is 8.50. The second kappa shape index (κ2) is 6.79. The van der Waals surface area contributed by atoms with E-state index in [1.165, 1.54) is 31.4 Å². The van der Waals surface area contributed by atoms with Gasteiger partial charge in [-0.1, -0.05) is 25.1 Å². The molecule has 0 fully saturated rings. The number of ether oxygens (including phenoxy) is 1. The van der Waals surface area contributed by atoms with Crippen LogP contribution in [0.1, 0.15) is 18.1 Å². The fraction of sp³-hybridized carbons (Fsp3) is 0.250. The molecule has 2 aromatic carbocycles. The van der Waals surface area contributed by atoms with Crippen molar-refractivity contribution in [1.29, 1.82) is 0 Å². The van der Waals surface area contributed by atoms with Gasteiger partial charge < -0.3 is 4.74 Å². The lowest BCUT2D eigenvalue weighted by Gasteiger charge is -2.13. The molecule has 0 aromatic heterocycles. The maximum atomic E-state index is 12.9. The molecule has 0 spiro atoms. The third-order valence-corrected chi connectivity index (χ3v) is 4.45. The van der Waals surface area contributed by atoms with Crippen LogP contribution in [0.2, 0.25) is 0 Å². The van der Waals surface area contributed by atoms with E-state index in [0.29, 0.717) is 17.0 Å². The molecule has 4 nitrogen and oxygen atoms in total. The molecule has 0 radical (unpaired) electrons. The van der Waals surface area contributed by atoms with Gasteiger partial charge in [0.15, 0.2) is 0 Å². The second-order valence-corrected chi connectivity index (χ2v) is 6.60. The molecule has 6 heteroatoms. The average molecular weight is 323 g/mol. The number of hydrogen-bond acceptors (Lipinski definition) is 3. The first-order chi connectivity index (χ1) is 10.4. The minimum absolute atomic E-state index is 0.229. The van der Waals surface area contributed by atoms with Crippen LogP contribution in [0.25, 0.3) is 0 Å². The van der Waals surface area contributed by atoms with Crippen molar-refractivity contribution in [3.8, 4) is 5.75 Å². The third-order valence-electron chi connectivity index (χ3n) is 3.21. The minimum atomic E-state index is -3.61. The quantitative estimate of drug-likeness (QED) is 0.887. The largest absolute Gasteiger partial charge is 0.495 e. The highest BCUT2D eigenvalue weighted by molar-refractivity contribution is 7.91. The summed E-state index contributed by atoms with van der Waals surface area (Å²) in [5, 5.41) is 0. The lowest BCUT2D eigenvalue weighted by Crippen LogP contribution is -2.16. The van der Waals surface area contributed by atoms with Crippen molar-refractivity contribution in [2.24, 2.45) is 0 Å². The van der Waals surface area contributed by atoms with E-state index in [2.05, 4.69) is 4.72 Å². The fourth-order valence-corrected chi connectivity index (χ4v) is 3.26. The van der Waals surface area contributed by atoms with Crippen molar-refractivity contribution >= 4 is 15.7 Å². The van der Waals surface area contributed by atoms with Crippen LogP contribution in [0.5, 0.6) is 5.75 Å². The molecule has 0 heterocycles. The standard InChI is InChI=1S/C16H18FNO3S/c1-3-12-6-9-16(21-2)15(10-12)18-22(19,20)11-13-4-7-14(17)8-5-13/h4-10,18H,3,11H2,1-2H3. The van der Waals surface area contributed by atoms with E-state index in [0.717, 1.165) is 12.0 Å². The van der Waals surface area contributed by atoms with Gasteiger partial charge in [0, 0.05) is 0 Å². The van der Waals surface area contributed by atoms with Gasteiger partial charge in [-0.3, -0.25) is 4.72 Å². The summed E-state index contributed by atoms with van der Waals surface area (Å²) in [5.74, 6) is -0.168. The van der Waals surface area contributed by atoms with Gasteiger partial charge in [0.05, 0.1) is 18.6 Å². The minimum Gasteiger partial charge on any atom is -0.495 e. The van der Waals surface area contributed by atoms with Crippen LogP contribution in [0.15, 0.2) is 42.5 Å². The molecule has 0 bridgehead atoms. The lowest BCUT2D eigenvalue weighted by molar-refractivity contribution is 0.416. The molecule has 22 heavy (non-hydrogen) atoms. The predicted molar refractivity (Wildman–Crippen MR) is 85.0 cm³/mol. The molecule has 0 unspecified atom stereocenters. The van der Waals surface area contributed by atoms with Crippen LogP contribution in [0.4, 0.5) is 10.1 Å². The van der Waals surface area contributed by atoms with Gasteiger partial charge in [-0.2, -0.15) is 0 Å². The number of benzene rings is 2. The Kier molecular flexibility index (Phi) is 5.03. The Labute approximate surface area is 130 Å². The molecule has 0 aliphatic rings. The molecule has 0 saturated heterocycles. The van der Waals surface area contributed by atoms with Gasteiger partial charge in [-0.05, 0) is 41.8 Å². The smallest absolute Gasteiger partial charge is 0.237 e. The van der Waals surface area contributed by atoms with Crippen LogP contribution >= 0.6 is 0 Å². The number of methoxy groups -OCH3 is 1. The van der Waals surface area contributed by atoms with E-state index in [9.17, 15) is 12.8 Å². The molecule has 0 amide bonds. The van der Waals surface area contributed by atoms with Crippen molar-refractivity contribution in [1.82, 2.24) is 0 Å². The van der Waals surface area contributed by atoms with Crippen LogP contribution in [-0.2, 0) is 22.2 Å². The van der Waals surface area contributed by atoms with Gasteiger partial charge >= 0.3 is 0 Å². The summed E-state index contributed by atoms with van der Waals surface area (Å²) in [6, 6.07) is 10.8. The molecule has 2 aromatic rings. The monoisotopic (exact) mass is 323 g/mol. The zero-order chi connectivity index (χ0) is 16.2. The highest BCUT2D eigenvalue weighted by Gasteiger charge is 2.15. The Morgan fingerprint density at radius 2 is 1.73 bits per heavy atom. The Morgan fingerprint density at radius 3 is 2.32 bits per heavy atom. The van der Waals surface area contributed by atoms with E-state index in [-0.39, 0.29) is 5.75 Å². The molecule has 1 N–H and O–H groups in total. The van der Waals surface area contributed by atoms with Crippen molar-refractivity contribution in [2.75, 3.05) is 11.8 Å². The summed E-state index contributed by atoms with van der Waals surface area (Å²) in [4.78, 5) is 0. The van der Waals surface area contributed by atoms with Gasteiger partial charge in [-0.15, -0.1) is 0 Å². The topological polar surface area (TPSA) is 55.4 Å². The molecule has 118 valence electrons. The zero-order valence-corrected chi connectivity index (χ0v) is 13.3. The average Bonchev–Trinajstić information content (AvgIpc) is 2.49. The van der Waals surface area contributed by atoms with Crippen molar-refractivity contribution < 1.29 is 17.5 Å². The number of halogens is 1. The lowest BCUT2D eigenvalue weighted by atomic mass is 10.1. The van der Waals surface area contributed by atoms with E-state index in [4.69, 9.17) is 4.74 Å². The van der Waals surface area contributed by atoms with Crippen LogP contribution in [-0.4, -0.2) is 15.5 Å². The van der Waals surface area contributed by atoms with Crippen LogP contribution in [0.3, 0.4) is 0 Å². The first kappa shape index (κ1) is 16.3. The zero-order valence-electron chi connectivity index (χ0n) is 12.5. The second-order valence-electron chi connectivity index (χ2n) is 4.88. The van der Waals surface area contributed by atoms with E-state index >= 15 is 0 Å². The Hall–Kier alpha value is -2.08. The van der Waals surface area contributed by atoms with Gasteiger partial charge in [0.1, 0.15) is 11.6 Å². The maximum absolute atomic E-state index is 12.9. The van der Waals surface area contributed by atoms with Gasteiger partial charge in [-0.25, -0.2) is 12.8 Å². The van der Waals surface area contributed by atoms with Crippen LogP contribution < -0.4 is 9.46 Å². The van der Waals surface area contributed by atoms with Crippen LogP contribution in [0, 0.1) is 5.82 Å². The van der Waals surface area contributed by atoms with Crippen molar-refractivity contribution in [3.05, 3.63) is 59.4 Å². The highest BCUT2D eigenvalue weighted by atomic mass is 32.2. The molecular weight excluding hydrogens is 305 g/mol. The Balaban J connectivity index is 2.22. The van der Waals surface area contributed by atoms with Gasteiger partial charge in [0.2, 0.25) is 10.0 Å². The number of nitrogens with one attached hydrogen (secondary N) is 1. The number of anilines is 1. The number of aryl methyl sites for hydroxylation is 1. The predicted octanol–water partition coefficient (Wildman–Crippen LogP) is 3.34. The normalized spacial score (nSPS) is 11.2. The van der Waals surface area contributed by atoms with Crippen molar-refractivity contribution in [3.63, 3.8) is 0 Å². The van der Waals surface area contributed by atoms with Crippen molar-refractivity contribution in [2.45, 2.75) is 19.1 Å². The first-order valence-electron chi connectivity index (χ1n) is 6.85. The van der Waals surface area contributed by atoms with E-state index in [1.54, 1.807) is 12.1 Å². The number of hydrogen-bond donors (Lipinski definition) is 1. The fourth-order valence-electron chi connectivity index (χ4n) is 2.06. The van der Waals surface area contributed by atoms with E-state index < -0.39 is 15.8 Å². The third kappa shape index (κ3) is 4.21. The highest BCUT2D eigenvalue weighted by Crippen LogP contribution is 2.27. The molecule has 0 aliphatic carbocycles. The number of sulfonamides is 1. The molecular formula is C16H18FNO3S. The molecule has 0 aliphatic heterocycles. The molecule has 2 rings (SSSR count). The molecule has 0 saturated carbocycles. The Morgan fingerprint density at radius 1 is 1.09 bits per heavy atom.